The smallest absolute Gasteiger partial charge is 0.258 e. The second kappa shape index (κ2) is 13.3. The molecular formula is C34H36N4O6S. The molecule has 0 saturated heterocycles. The predicted octanol–water partition coefficient (Wildman–Crippen LogP) is 5.14. The van der Waals surface area contributed by atoms with Gasteiger partial charge in [-0.3, -0.25) is 14.5 Å². The minimum atomic E-state index is -0.396. The molecule has 10 nitrogen and oxygen atoms in total. The molecule has 0 aliphatic carbocycles. The Morgan fingerprint density at radius 1 is 1.16 bits per heavy atom. The first-order valence-corrected chi connectivity index (χ1v) is 15.8. The van der Waals surface area contributed by atoms with E-state index < -0.39 is 6.04 Å². The molecule has 45 heavy (non-hydrogen) atoms. The monoisotopic (exact) mass is 628 g/mol. The van der Waals surface area contributed by atoms with Crippen LogP contribution in [0.25, 0.3) is 10.6 Å². The third-order valence-corrected chi connectivity index (χ3v) is 8.97. The van der Waals surface area contributed by atoms with Gasteiger partial charge in [0.1, 0.15) is 11.1 Å². The van der Waals surface area contributed by atoms with Crippen LogP contribution in [-0.2, 0) is 6.54 Å². The number of anilines is 1. The van der Waals surface area contributed by atoms with Gasteiger partial charge >= 0.3 is 0 Å². The Morgan fingerprint density at radius 3 is 2.71 bits per heavy atom. The molecule has 0 bridgehead atoms. The van der Waals surface area contributed by atoms with E-state index in [2.05, 4.69) is 15.2 Å². The number of hydrogen-bond acceptors (Lipinski definition) is 9. The van der Waals surface area contributed by atoms with Crippen LogP contribution in [0.4, 0.5) is 5.69 Å². The molecule has 4 aromatic rings. The molecule has 3 atom stereocenters. The van der Waals surface area contributed by atoms with Crippen LogP contribution in [0.2, 0.25) is 0 Å². The lowest BCUT2D eigenvalue weighted by Crippen LogP contribution is -2.49. The normalized spacial score (nSPS) is 18.2. The number of carbonyl (C=O) groups is 2. The van der Waals surface area contributed by atoms with Crippen LogP contribution in [0.3, 0.4) is 0 Å². The summed E-state index contributed by atoms with van der Waals surface area (Å²) in [7, 11) is 2.02. The van der Waals surface area contributed by atoms with E-state index in [1.807, 2.05) is 56.6 Å². The third-order valence-electron chi connectivity index (χ3n) is 8.15. The van der Waals surface area contributed by atoms with Crippen molar-refractivity contribution in [1.82, 2.24) is 14.8 Å². The van der Waals surface area contributed by atoms with Crippen molar-refractivity contribution < 1.29 is 28.9 Å². The second-order valence-corrected chi connectivity index (χ2v) is 12.5. The number of para-hydroxylation sites is 1. The lowest BCUT2D eigenvalue weighted by atomic mass is 9.98. The van der Waals surface area contributed by atoms with Crippen LogP contribution >= 0.6 is 11.3 Å². The van der Waals surface area contributed by atoms with Crippen molar-refractivity contribution in [2.75, 3.05) is 38.9 Å². The molecule has 0 fully saturated rings. The quantitative estimate of drug-likeness (QED) is 0.262. The summed E-state index contributed by atoms with van der Waals surface area (Å²) in [5, 5.41) is 15.8. The van der Waals surface area contributed by atoms with E-state index in [1.165, 1.54) is 11.3 Å². The van der Waals surface area contributed by atoms with Gasteiger partial charge < -0.3 is 29.5 Å². The molecule has 6 rings (SSSR count). The molecule has 11 heteroatoms. The fraction of sp³-hybridized carbons (Fsp3) is 0.324. The van der Waals surface area contributed by atoms with Crippen LogP contribution < -0.4 is 19.5 Å². The third kappa shape index (κ3) is 6.65. The maximum atomic E-state index is 13.8. The van der Waals surface area contributed by atoms with Gasteiger partial charge in [-0.05, 0) is 55.9 Å². The van der Waals surface area contributed by atoms with Gasteiger partial charge in [0, 0.05) is 48.3 Å². The van der Waals surface area contributed by atoms with Crippen LogP contribution in [-0.4, -0.2) is 77.4 Å². The Morgan fingerprint density at radius 2 is 1.96 bits per heavy atom. The van der Waals surface area contributed by atoms with E-state index >= 15 is 0 Å². The topological polar surface area (TPSA) is 113 Å². The molecule has 0 spiro atoms. The lowest BCUT2D eigenvalue weighted by Gasteiger charge is -2.38. The summed E-state index contributed by atoms with van der Waals surface area (Å²) in [4.78, 5) is 35.5. The number of carbonyl (C=O) groups excluding carboxylic acids is 2. The zero-order valence-electron chi connectivity index (χ0n) is 25.4. The molecule has 2 aliphatic heterocycles. The van der Waals surface area contributed by atoms with Crippen molar-refractivity contribution in [3.63, 3.8) is 0 Å². The molecule has 2 N–H and O–H groups in total. The number of likely N-dealkylation sites (N-methyl/N-ethyl adjacent to an activating group) is 1. The van der Waals surface area contributed by atoms with Crippen LogP contribution in [0.15, 0.2) is 72.2 Å². The summed E-state index contributed by atoms with van der Waals surface area (Å²) >= 11 is 1.53. The highest BCUT2D eigenvalue weighted by Gasteiger charge is 2.34. The molecule has 2 aliphatic rings. The summed E-state index contributed by atoms with van der Waals surface area (Å²) in [5.74, 6) is 1.13. The molecule has 3 heterocycles. The number of nitrogens with zero attached hydrogens (tertiary/aromatic N) is 3. The van der Waals surface area contributed by atoms with E-state index in [1.54, 1.807) is 41.4 Å². The first-order valence-electron chi connectivity index (χ1n) is 14.9. The Kier molecular flexibility index (Phi) is 9.02. The number of fused-ring (bicyclic) bond motifs is 2. The molecular weight excluding hydrogens is 592 g/mol. The average Bonchev–Trinajstić information content (AvgIpc) is 3.75. The van der Waals surface area contributed by atoms with Gasteiger partial charge in [-0.15, -0.1) is 11.3 Å². The number of benzene rings is 3. The van der Waals surface area contributed by atoms with Crippen molar-refractivity contribution in [2.24, 2.45) is 5.92 Å². The van der Waals surface area contributed by atoms with Gasteiger partial charge in [0.05, 0.1) is 23.9 Å². The largest absolute Gasteiger partial charge is 0.486 e. The van der Waals surface area contributed by atoms with Crippen molar-refractivity contribution in [3.05, 3.63) is 88.9 Å². The molecule has 0 radical (unpaired) electrons. The minimum Gasteiger partial charge on any atom is -0.486 e. The summed E-state index contributed by atoms with van der Waals surface area (Å²) < 4.78 is 17.7. The lowest BCUT2D eigenvalue weighted by molar-refractivity contribution is 0.0343. The van der Waals surface area contributed by atoms with E-state index in [4.69, 9.17) is 14.2 Å². The van der Waals surface area contributed by atoms with Gasteiger partial charge in [-0.2, -0.15) is 0 Å². The number of hydrogen-bond donors (Lipinski definition) is 2. The maximum absolute atomic E-state index is 13.8. The zero-order valence-corrected chi connectivity index (χ0v) is 26.3. The van der Waals surface area contributed by atoms with Gasteiger partial charge in [0.25, 0.3) is 11.8 Å². The predicted molar refractivity (Wildman–Crippen MR) is 172 cm³/mol. The maximum Gasteiger partial charge on any atom is 0.258 e. The first kappa shape index (κ1) is 30.6. The fourth-order valence-electron chi connectivity index (χ4n) is 5.61. The highest BCUT2D eigenvalue weighted by molar-refractivity contribution is 7.13. The van der Waals surface area contributed by atoms with E-state index in [0.717, 1.165) is 27.6 Å². The van der Waals surface area contributed by atoms with Crippen LogP contribution in [0.5, 0.6) is 17.2 Å². The second-order valence-electron chi connectivity index (χ2n) is 11.6. The number of amides is 2. The highest BCUT2D eigenvalue weighted by Crippen LogP contribution is 2.36. The molecule has 2 amide bonds. The SMILES string of the molecule is C[C@@H]1CN([C@H](C)CO)C(=O)c2cccc(NC(=O)c3ccc(-c4nccs4)cc3)c2O[C@@H]1CN(C)Cc1ccc2c(c1)OCO2. The Bertz CT molecular complexity index is 1660. The Hall–Kier alpha value is -4.45. The summed E-state index contributed by atoms with van der Waals surface area (Å²) in [6.07, 6.45) is 1.41. The molecule has 1 aromatic heterocycles. The number of aliphatic hydroxyl groups is 1. The molecule has 0 saturated carbocycles. The summed E-state index contributed by atoms with van der Waals surface area (Å²) in [6, 6.07) is 17.9. The molecule has 234 valence electrons. The number of aromatic nitrogens is 1. The van der Waals surface area contributed by atoms with Crippen molar-refractivity contribution >= 4 is 28.8 Å². The number of ether oxygens (including phenoxy) is 3. The average molecular weight is 629 g/mol. The van der Waals surface area contributed by atoms with E-state index in [9.17, 15) is 14.7 Å². The molecule has 3 aromatic carbocycles. The van der Waals surface area contributed by atoms with Gasteiger partial charge in [0.2, 0.25) is 6.79 Å². The van der Waals surface area contributed by atoms with E-state index in [-0.39, 0.29) is 37.2 Å². The van der Waals surface area contributed by atoms with Crippen molar-refractivity contribution in [1.29, 1.82) is 0 Å². The number of aliphatic hydroxyl groups excluding tert-OH is 1. The highest BCUT2D eigenvalue weighted by atomic mass is 32.1. The molecule has 0 unspecified atom stereocenters. The van der Waals surface area contributed by atoms with Crippen molar-refractivity contribution in [3.8, 4) is 27.8 Å². The first-order chi connectivity index (χ1) is 21.8. The number of rotatable bonds is 9. The number of thiazole rings is 1. The fourth-order valence-corrected chi connectivity index (χ4v) is 6.25. The van der Waals surface area contributed by atoms with Crippen LogP contribution in [0, 0.1) is 5.92 Å². The summed E-state index contributed by atoms with van der Waals surface area (Å²) in [6.45, 7) is 5.52. The van der Waals surface area contributed by atoms with Gasteiger partial charge in [-0.1, -0.05) is 31.2 Å². The minimum absolute atomic E-state index is 0.0857. The number of nitrogens with one attached hydrogen (secondary N) is 1. The zero-order chi connectivity index (χ0) is 31.5. The van der Waals surface area contributed by atoms with E-state index in [0.29, 0.717) is 42.2 Å². The summed E-state index contributed by atoms with van der Waals surface area (Å²) in [5.41, 5.74) is 3.21. The Labute approximate surface area is 266 Å². The van der Waals surface area contributed by atoms with Crippen LogP contribution in [0.1, 0.15) is 40.1 Å². The van der Waals surface area contributed by atoms with Crippen molar-refractivity contribution in [2.45, 2.75) is 32.5 Å². The van der Waals surface area contributed by atoms with Gasteiger partial charge in [-0.25, -0.2) is 4.98 Å². The Balaban J connectivity index is 1.26. The standard InChI is InChI=1S/C34H36N4O6S/c1-21-16-38(22(2)19-39)34(41)26-5-4-6-27(36-32(40)24-8-10-25(11-9-24)33-35-13-14-45-33)31(26)44-30(21)18-37(3)17-23-7-12-28-29(15-23)43-20-42-28/h4-15,21-22,30,39H,16-20H2,1-3H3,(H,36,40)/t21-,22-,30-/m1/s1. The van der Waals surface area contributed by atoms with Gasteiger partial charge in [0.15, 0.2) is 17.2 Å².